The lowest BCUT2D eigenvalue weighted by Crippen LogP contribution is -2.23. The van der Waals surface area contributed by atoms with Crippen LogP contribution in [0, 0.1) is 0 Å². The third-order valence-electron chi connectivity index (χ3n) is 0.715. The third-order valence-corrected chi connectivity index (χ3v) is 1.88. The van der Waals surface area contributed by atoms with Gasteiger partial charge < -0.3 is 5.73 Å². The van der Waals surface area contributed by atoms with E-state index in [1.807, 2.05) is 0 Å². The summed E-state index contributed by atoms with van der Waals surface area (Å²) in [5.41, 5.74) is 5.26. The highest BCUT2D eigenvalue weighted by molar-refractivity contribution is 14.1. The molecule has 7 heavy (non-hydrogen) atoms. The third kappa shape index (κ3) is 4.50. The van der Waals surface area contributed by atoms with Crippen molar-refractivity contribution in [2.24, 2.45) is 5.73 Å². The molecule has 0 rings (SSSR count). The molecule has 2 N–H and O–H groups in total. The van der Waals surface area contributed by atoms with Crippen molar-refractivity contribution in [1.82, 2.24) is 4.90 Å². The summed E-state index contributed by atoms with van der Waals surface area (Å²) in [4.78, 5) is 2.17. The Labute approximate surface area is 58.2 Å². The lowest BCUT2D eigenvalue weighted by atomic mass is 10.6. The fourth-order valence-electron chi connectivity index (χ4n) is 0.280. The van der Waals surface area contributed by atoms with E-state index in [0.717, 1.165) is 17.6 Å². The molecule has 0 aromatic heterocycles. The molecular formula is C4H11IN2. The van der Waals surface area contributed by atoms with Crippen LogP contribution in [0.3, 0.4) is 0 Å². The first kappa shape index (κ1) is 7.65. The Kier molecular flexibility index (Phi) is 5.25. The van der Waals surface area contributed by atoms with Gasteiger partial charge in [0.25, 0.3) is 0 Å². The van der Waals surface area contributed by atoms with Crippen LogP contribution in [0.15, 0.2) is 0 Å². The molecule has 3 heteroatoms. The second kappa shape index (κ2) is 4.80. The van der Waals surface area contributed by atoms with Crippen LogP contribution in [0.25, 0.3) is 0 Å². The number of rotatable bonds is 3. The predicted octanol–water partition coefficient (Wildman–Crippen LogP) is 0.269. The number of nitrogens with zero attached hydrogens (tertiary/aromatic N) is 1. The second-order valence-electron chi connectivity index (χ2n) is 1.49. The summed E-state index contributed by atoms with van der Waals surface area (Å²) < 4.78 is 1.06. The minimum absolute atomic E-state index is 0.763. The highest BCUT2D eigenvalue weighted by Crippen LogP contribution is 1.85. The normalized spacial score (nSPS) is 10.3. The van der Waals surface area contributed by atoms with E-state index in [4.69, 9.17) is 5.73 Å². The van der Waals surface area contributed by atoms with Gasteiger partial charge in [0.15, 0.2) is 0 Å². The van der Waals surface area contributed by atoms with E-state index in [2.05, 4.69) is 34.5 Å². The Balaban J connectivity index is 2.83. The highest BCUT2D eigenvalue weighted by Gasteiger charge is 1.87. The number of hydrogen-bond acceptors (Lipinski definition) is 2. The quantitative estimate of drug-likeness (QED) is 0.415. The van der Waals surface area contributed by atoms with E-state index in [-0.39, 0.29) is 0 Å². The maximum Gasteiger partial charge on any atom is 0.0503 e. The number of nitrogens with two attached hydrogens (primary N) is 1. The molecule has 0 aliphatic carbocycles. The molecule has 0 radical (unpaired) electrons. The Hall–Kier alpha value is 0.650. The molecule has 0 saturated heterocycles. The van der Waals surface area contributed by atoms with E-state index in [9.17, 15) is 0 Å². The van der Waals surface area contributed by atoms with Crippen molar-refractivity contribution < 1.29 is 0 Å². The van der Waals surface area contributed by atoms with Gasteiger partial charge >= 0.3 is 0 Å². The molecular weight excluding hydrogens is 203 g/mol. The van der Waals surface area contributed by atoms with Crippen LogP contribution in [-0.2, 0) is 0 Å². The molecule has 0 aliphatic heterocycles. The molecule has 0 atom stereocenters. The number of hydrogen-bond donors (Lipinski definition) is 1. The van der Waals surface area contributed by atoms with E-state index >= 15 is 0 Å². The zero-order valence-corrected chi connectivity index (χ0v) is 6.68. The van der Waals surface area contributed by atoms with Gasteiger partial charge in [-0.05, 0) is 7.05 Å². The molecule has 0 aromatic carbocycles. The van der Waals surface area contributed by atoms with Crippen LogP contribution in [0.5, 0.6) is 0 Å². The maximum atomic E-state index is 5.26. The van der Waals surface area contributed by atoms with E-state index in [1.165, 1.54) is 0 Å². The average Bonchev–Trinajstić information content (AvgIpc) is 1.68. The first-order valence-electron chi connectivity index (χ1n) is 2.26. The summed E-state index contributed by atoms with van der Waals surface area (Å²) >= 11 is 2.31. The van der Waals surface area contributed by atoms with Crippen LogP contribution in [0.4, 0.5) is 0 Å². The molecule has 0 aliphatic rings. The Bertz CT molecular complexity index is 40.7. The van der Waals surface area contributed by atoms with Crippen molar-refractivity contribution in [3.63, 3.8) is 0 Å². The number of halogens is 1. The van der Waals surface area contributed by atoms with E-state index in [0.29, 0.717) is 0 Å². The van der Waals surface area contributed by atoms with E-state index < -0.39 is 0 Å². The Morgan fingerprint density at radius 3 is 2.43 bits per heavy atom. The van der Waals surface area contributed by atoms with Crippen molar-refractivity contribution in [2.45, 2.75) is 0 Å². The molecule has 0 aromatic rings. The van der Waals surface area contributed by atoms with Gasteiger partial charge in [0, 0.05) is 13.1 Å². The summed E-state index contributed by atoms with van der Waals surface area (Å²) in [6.45, 7) is 1.77. The second-order valence-corrected chi connectivity index (χ2v) is 2.17. The first-order chi connectivity index (χ1) is 3.31. The van der Waals surface area contributed by atoms with Crippen molar-refractivity contribution >= 4 is 22.6 Å². The molecule has 0 fully saturated rings. The van der Waals surface area contributed by atoms with E-state index in [1.54, 1.807) is 0 Å². The summed E-state index contributed by atoms with van der Waals surface area (Å²) in [6, 6.07) is 0. The van der Waals surface area contributed by atoms with Gasteiger partial charge in [-0.25, -0.2) is 0 Å². The van der Waals surface area contributed by atoms with Gasteiger partial charge in [0.05, 0.1) is 4.55 Å². The van der Waals surface area contributed by atoms with Crippen molar-refractivity contribution in [1.29, 1.82) is 0 Å². The highest BCUT2D eigenvalue weighted by atomic mass is 127. The largest absolute Gasteiger partial charge is 0.329 e. The summed E-state index contributed by atoms with van der Waals surface area (Å²) in [6.07, 6.45) is 0. The number of alkyl halides is 1. The monoisotopic (exact) mass is 214 g/mol. The molecule has 0 amide bonds. The summed E-state index contributed by atoms with van der Waals surface area (Å²) in [7, 11) is 2.05. The Morgan fingerprint density at radius 1 is 1.71 bits per heavy atom. The molecule has 0 spiro atoms. The molecule has 0 unspecified atom stereocenters. The fourth-order valence-corrected chi connectivity index (χ4v) is 0.621. The minimum Gasteiger partial charge on any atom is -0.329 e. The first-order valence-corrected chi connectivity index (χ1v) is 3.78. The molecule has 44 valence electrons. The summed E-state index contributed by atoms with van der Waals surface area (Å²) in [5, 5.41) is 0. The molecule has 0 saturated carbocycles. The van der Waals surface area contributed by atoms with Gasteiger partial charge in [-0.1, -0.05) is 22.6 Å². The lowest BCUT2D eigenvalue weighted by molar-refractivity contribution is 0.412. The molecule has 2 nitrogen and oxygen atoms in total. The topological polar surface area (TPSA) is 29.3 Å². The number of likely N-dealkylation sites (N-methyl/N-ethyl adjacent to an activating group) is 1. The zero-order valence-electron chi connectivity index (χ0n) is 4.52. The lowest BCUT2D eigenvalue weighted by Gasteiger charge is -2.08. The maximum absolute atomic E-state index is 5.26. The fraction of sp³-hybridized carbons (Fsp3) is 1.00. The van der Waals surface area contributed by atoms with Crippen molar-refractivity contribution in [2.75, 3.05) is 24.7 Å². The van der Waals surface area contributed by atoms with Gasteiger partial charge in [-0.3, -0.25) is 4.90 Å². The van der Waals surface area contributed by atoms with Crippen LogP contribution < -0.4 is 5.73 Å². The van der Waals surface area contributed by atoms with Gasteiger partial charge in [0.2, 0.25) is 0 Å². The van der Waals surface area contributed by atoms with Crippen LogP contribution in [0.2, 0.25) is 0 Å². The van der Waals surface area contributed by atoms with Gasteiger partial charge in [-0.2, -0.15) is 0 Å². The molecule has 0 bridgehead atoms. The van der Waals surface area contributed by atoms with Crippen molar-refractivity contribution in [3.8, 4) is 0 Å². The van der Waals surface area contributed by atoms with Gasteiger partial charge in [0.1, 0.15) is 0 Å². The zero-order chi connectivity index (χ0) is 5.70. The van der Waals surface area contributed by atoms with Crippen LogP contribution in [0.1, 0.15) is 0 Å². The Morgan fingerprint density at radius 2 is 2.29 bits per heavy atom. The predicted molar refractivity (Wildman–Crippen MR) is 40.6 cm³/mol. The minimum atomic E-state index is 0.763. The average molecular weight is 214 g/mol. The smallest absolute Gasteiger partial charge is 0.0503 e. The van der Waals surface area contributed by atoms with Crippen LogP contribution in [-0.4, -0.2) is 29.6 Å². The SMILES string of the molecule is CN(CI)CCN. The van der Waals surface area contributed by atoms with Crippen molar-refractivity contribution in [3.05, 3.63) is 0 Å². The standard InChI is InChI=1S/C4H11IN2/c1-7(4-5)3-2-6/h2-4,6H2,1H3. The van der Waals surface area contributed by atoms with Gasteiger partial charge in [-0.15, -0.1) is 0 Å². The van der Waals surface area contributed by atoms with Crippen LogP contribution >= 0.6 is 22.6 Å². The molecule has 0 heterocycles. The summed E-state index contributed by atoms with van der Waals surface area (Å²) in [5.74, 6) is 0.